The normalized spacial score (nSPS) is 11.6. The maximum absolute atomic E-state index is 12.8. The Hall–Kier alpha value is -3.73. The smallest absolute Gasteiger partial charge is 0.259 e. The Bertz CT molecular complexity index is 1310. The minimum Gasteiger partial charge on any atom is -0.772 e. The summed E-state index contributed by atoms with van der Waals surface area (Å²) in [4.78, 5) is 30.1. The third-order valence-electron chi connectivity index (χ3n) is 4.35. The average molecular weight is 480 g/mol. The topological polar surface area (TPSA) is 133 Å². The highest BCUT2D eigenvalue weighted by Gasteiger charge is 2.16. The number of para-hydroxylation sites is 1. The maximum atomic E-state index is 12.8. The van der Waals surface area contributed by atoms with Gasteiger partial charge < -0.3 is 9.87 Å². The molecule has 0 saturated heterocycles. The van der Waals surface area contributed by atoms with Gasteiger partial charge in [0.15, 0.2) is 5.82 Å². The molecule has 0 aliphatic rings. The summed E-state index contributed by atoms with van der Waals surface area (Å²) in [5.41, 5.74) is 1.87. The quantitative estimate of drug-likeness (QED) is 0.380. The Morgan fingerprint density at radius 1 is 0.970 bits per heavy atom. The first kappa shape index (κ1) is 22.5. The van der Waals surface area contributed by atoms with Crippen molar-refractivity contribution in [1.82, 2.24) is 19.9 Å². The molecule has 2 aromatic carbocycles. The standard InChI is InChI=1S/C22H17ClN6O3S/c23-17-12-14(13-33(31)32)9-10-16(17)20(30)28-22-27-19(18-8-4-5-11-24-18)26-21(29-22)25-15-6-2-1-3-7-15/h1-12H,13H2,(H,31,32)(H2,25,26,27,28,29,30)/p-1. The molecule has 2 aromatic heterocycles. The number of anilines is 3. The second-order valence-electron chi connectivity index (χ2n) is 6.73. The van der Waals surface area contributed by atoms with E-state index >= 15 is 0 Å². The fourth-order valence-corrected chi connectivity index (χ4v) is 3.63. The molecule has 11 heteroatoms. The summed E-state index contributed by atoms with van der Waals surface area (Å²) in [5, 5.41) is 5.81. The van der Waals surface area contributed by atoms with Gasteiger partial charge in [-0.25, -0.2) is 0 Å². The molecule has 4 aromatic rings. The SMILES string of the molecule is O=C(Nc1nc(Nc2ccccc2)nc(-c2ccccn2)n1)c1ccc(CS(=O)[O-])cc1Cl. The number of hydrogen-bond acceptors (Lipinski definition) is 8. The van der Waals surface area contributed by atoms with Gasteiger partial charge in [0.25, 0.3) is 5.91 Å². The summed E-state index contributed by atoms with van der Waals surface area (Å²) in [6.45, 7) is 0. The number of pyridine rings is 1. The van der Waals surface area contributed by atoms with E-state index in [1.165, 1.54) is 18.2 Å². The molecule has 9 nitrogen and oxygen atoms in total. The average Bonchev–Trinajstić information content (AvgIpc) is 2.80. The minimum absolute atomic E-state index is 0.00473. The van der Waals surface area contributed by atoms with Crippen molar-refractivity contribution in [2.45, 2.75) is 5.75 Å². The van der Waals surface area contributed by atoms with Crippen LogP contribution < -0.4 is 10.6 Å². The van der Waals surface area contributed by atoms with Crippen LogP contribution in [0.15, 0.2) is 72.9 Å². The summed E-state index contributed by atoms with van der Waals surface area (Å²) >= 11 is 3.94. The van der Waals surface area contributed by atoms with Crippen LogP contribution in [0.4, 0.5) is 17.6 Å². The van der Waals surface area contributed by atoms with Gasteiger partial charge >= 0.3 is 0 Å². The lowest BCUT2D eigenvalue weighted by Crippen LogP contribution is -2.16. The first-order valence-corrected chi connectivity index (χ1v) is 11.3. The van der Waals surface area contributed by atoms with Crippen LogP contribution in [0.5, 0.6) is 0 Å². The number of amides is 1. The highest BCUT2D eigenvalue weighted by Crippen LogP contribution is 2.22. The Labute approximate surface area is 196 Å². The highest BCUT2D eigenvalue weighted by molar-refractivity contribution is 7.78. The molecule has 33 heavy (non-hydrogen) atoms. The number of carbonyl (C=O) groups excluding carboxylic acids is 1. The molecule has 0 radical (unpaired) electrons. The summed E-state index contributed by atoms with van der Waals surface area (Å²) in [6.07, 6.45) is 1.61. The molecular formula is C22H16ClN6O3S-. The van der Waals surface area contributed by atoms with Gasteiger partial charge in [-0.1, -0.05) is 53.0 Å². The number of nitrogens with zero attached hydrogens (tertiary/aromatic N) is 4. The lowest BCUT2D eigenvalue weighted by Gasteiger charge is -2.11. The van der Waals surface area contributed by atoms with Gasteiger partial charge in [-0.15, -0.1) is 0 Å². The molecule has 1 atom stereocenters. The Balaban J connectivity index is 1.64. The van der Waals surface area contributed by atoms with Crippen LogP contribution in [0.1, 0.15) is 15.9 Å². The van der Waals surface area contributed by atoms with Crippen LogP contribution >= 0.6 is 11.6 Å². The van der Waals surface area contributed by atoms with Crippen molar-refractivity contribution >= 4 is 46.2 Å². The third-order valence-corrected chi connectivity index (χ3v) is 5.23. The molecule has 0 aliphatic carbocycles. The van der Waals surface area contributed by atoms with Crippen LogP contribution in [0, 0.1) is 0 Å². The summed E-state index contributed by atoms with van der Waals surface area (Å²) < 4.78 is 21.8. The molecule has 0 aliphatic heterocycles. The minimum atomic E-state index is -2.26. The van der Waals surface area contributed by atoms with Crippen molar-refractivity contribution in [3.63, 3.8) is 0 Å². The number of carbonyl (C=O) groups is 1. The monoisotopic (exact) mass is 479 g/mol. The van der Waals surface area contributed by atoms with E-state index in [0.717, 1.165) is 5.69 Å². The van der Waals surface area contributed by atoms with Crippen molar-refractivity contribution < 1.29 is 13.6 Å². The maximum Gasteiger partial charge on any atom is 0.259 e. The number of halogens is 1. The predicted molar refractivity (Wildman–Crippen MR) is 125 cm³/mol. The number of rotatable bonds is 7. The van der Waals surface area contributed by atoms with E-state index in [1.807, 2.05) is 30.3 Å². The molecule has 0 saturated carbocycles. The molecule has 166 valence electrons. The summed E-state index contributed by atoms with van der Waals surface area (Å²) in [7, 11) is 0. The second-order valence-corrected chi connectivity index (χ2v) is 8.03. The van der Waals surface area contributed by atoms with Gasteiger partial charge in [0, 0.05) is 17.6 Å². The van der Waals surface area contributed by atoms with E-state index in [9.17, 15) is 13.6 Å². The van der Waals surface area contributed by atoms with E-state index < -0.39 is 17.0 Å². The molecule has 2 heterocycles. The Morgan fingerprint density at radius 2 is 1.73 bits per heavy atom. The van der Waals surface area contributed by atoms with Crippen molar-refractivity contribution in [3.05, 3.63) is 89.1 Å². The van der Waals surface area contributed by atoms with Crippen molar-refractivity contribution in [2.75, 3.05) is 10.6 Å². The van der Waals surface area contributed by atoms with Gasteiger partial charge in [-0.3, -0.25) is 19.3 Å². The van der Waals surface area contributed by atoms with E-state index in [0.29, 0.717) is 11.3 Å². The lowest BCUT2D eigenvalue weighted by molar-refractivity contribution is 0.102. The molecule has 2 N–H and O–H groups in total. The van der Waals surface area contributed by atoms with Gasteiger partial charge in [-0.2, -0.15) is 15.0 Å². The van der Waals surface area contributed by atoms with E-state index in [4.69, 9.17) is 11.6 Å². The predicted octanol–water partition coefficient (Wildman–Crippen LogP) is 3.96. The fraction of sp³-hybridized carbons (Fsp3) is 0.0455. The first-order chi connectivity index (χ1) is 16.0. The fourth-order valence-electron chi connectivity index (χ4n) is 2.89. The van der Waals surface area contributed by atoms with Crippen LogP contribution in [0.2, 0.25) is 5.02 Å². The van der Waals surface area contributed by atoms with Gasteiger partial charge in [0.2, 0.25) is 11.9 Å². The molecule has 0 spiro atoms. The van der Waals surface area contributed by atoms with Crippen LogP contribution in [0.25, 0.3) is 11.5 Å². The van der Waals surface area contributed by atoms with E-state index in [-0.39, 0.29) is 34.1 Å². The molecule has 1 amide bonds. The lowest BCUT2D eigenvalue weighted by atomic mass is 10.1. The van der Waals surface area contributed by atoms with E-state index in [2.05, 4.69) is 30.6 Å². The molecule has 0 fully saturated rings. The molecule has 0 bridgehead atoms. The van der Waals surface area contributed by atoms with Crippen LogP contribution in [-0.4, -0.2) is 34.6 Å². The Morgan fingerprint density at radius 3 is 2.42 bits per heavy atom. The highest BCUT2D eigenvalue weighted by atomic mass is 35.5. The molecule has 1 unspecified atom stereocenters. The van der Waals surface area contributed by atoms with Crippen LogP contribution in [0.3, 0.4) is 0 Å². The van der Waals surface area contributed by atoms with Gasteiger partial charge in [0.05, 0.1) is 10.6 Å². The largest absolute Gasteiger partial charge is 0.772 e. The number of aromatic nitrogens is 4. The van der Waals surface area contributed by atoms with Crippen LogP contribution in [-0.2, 0) is 16.8 Å². The zero-order chi connectivity index (χ0) is 23.2. The molecular weight excluding hydrogens is 464 g/mol. The van der Waals surface area contributed by atoms with Crippen molar-refractivity contribution in [3.8, 4) is 11.5 Å². The summed E-state index contributed by atoms with van der Waals surface area (Å²) in [5.74, 6) is -0.282. The van der Waals surface area contributed by atoms with Gasteiger partial charge in [0.1, 0.15) is 5.69 Å². The number of nitrogens with one attached hydrogen (secondary N) is 2. The number of benzene rings is 2. The zero-order valence-electron chi connectivity index (χ0n) is 16.9. The van der Waals surface area contributed by atoms with Crippen molar-refractivity contribution in [2.24, 2.45) is 0 Å². The summed E-state index contributed by atoms with van der Waals surface area (Å²) in [6, 6.07) is 19.0. The Kier molecular flexibility index (Phi) is 6.98. The molecule has 4 rings (SSSR count). The van der Waals surface area contributed by atoms with E-state index in [1.54, 1.807) is 24.4 Å². The van der Waals surface area contributed by atoms with Gasteiger partial charge in [-0.05, 0) is 42.0 Å². The third kappa shape index (κ3) is 5.95. The first-order valence-electron chi connectivity index (χ1n) is 9.63. The zero-order valence-corrected chi connectivity index (χ0v) is 18.5. The second kappa shape index (κ2) is 10.3. The van der Waals surface area contributed by atoms with Crippen molar-refractivity contribution in [1.29, 1.82) is 0 Å². The number of hydrogen-bond donors (Lipinski definition) is 2.